The van der Waals surface area contributed by atoms with Crippen molar-refractivity contribution in [1.82, 2.24) is 0 Å². The normalized spacial score (nSPS) is 40.7. The topological polar surface area (TPSA) is 72.5 Å². The number of hydrogen-bond donors (Lipinski definition) is 0. The van der Waals surface area contributed by atoms with E-state index >= 15 is 0 Å². The highest BCUT2D eigenvalue weighted by molar-refractivity contribution is 6.49. The van der Waals surface area contributed by atoms with Crippen LogP contribution in [-0.2, 0) is 14.0 Å². The maximum Gasteiger partial charge on any atom is 0.461 e. The number of fused-ring (bicyclic) bond motifs is 3. The number of cyclic esters (lactones) is 1. The zero-order valence-corrected chi connectivity index (χ0v) is 19.9. The molecule has 1 aromatic carbocycles. The summed E-state index contributed by atoms with van der Waals surface area (Å²) in [5.74, 6) is 1.75. The molecule has 5 fully saturated rings. The molecule has 0 radical (unpaired) electrons. The van der Waals surface area contributed by atoms with Crippen molar-refractivity contribution in [2.75, 3.05) is 13.2 Å². The third kappa shape index (κ3) is 2.68. The Bertz CT molecular complexity index is 1070. The van der Waals surface area contributed by atoms with Gasteiger partial charge in [0.1, 0.15) is 24.5 Å². The molecule has 33 heavy (non-hydrogen) atoms. The van der Waals surface area contributed by atoms with Gasteiger partial charge in [0.15, 0.2) is 11.5 Å². The molecule has 7 aliphatic rings. The maximum atomic E-state index is 12.9. The van der Waals surface area contributed by atoms with E-state index in [1.54, 1.807) is 13.8 Å². The van der Waals surface area contributed by atoms with Crippen LogP contribution in [0.5, 0.6) is 17.2 Å². The van der Waals surface area contributed by atoms with E-state index in [4.69, 9.17) is 28.3 Å². The van der Waals surface area contributed by atoms with Gasteiger partial charge in [0.05, 0.1) is 11.7 Å². The van der Waals surface area contributed by atoms with Crippen LogP contribution < -0.4 is 14.2 Å². The minimum atomic E-state index is -1.04. The lowest BCUT2D eigenvalue weighted by atomic mass is 9.43. The van der Waals surface area contributed by atoms with Crippen LogP contribution in [-0.4, -0.2) is 43.8 Å². The second-order valence-corrected chi connectivity index (χ2v) is 11.9. The zero-order valence-electron chi connectivity index (χ0n) is 19.9. The van der Waals surface area contributed by atoms with Crippen molar-refractivity contribution in [2.24, 2.45) is 17.3 Å². The van der Waals surface area contributed by atoms with Crippen molar-refractivity contribution in [3.63, 3.8) is 0 Å². The molecule has 7 nitrogen and oxygen atoms in total. The first-order valence-corrected chi connectivity index (χ1v) is 12.3. The van der Waals surface area contributed by atoms with Gasteiger partial charge in [-0.25, -0.2) is 4.79 Å². The molecule has 0 aromatic heterocycles. The van der Waals surface area contributed by atoms with Gasteiger partial charge in [-0.15, -0.1) is 0 Å². The van der Waals surface area contributed by atoms with E-state index in [-0.39, 0.29) is 30.6 Å². The lowest BCUT2D eigenvalue weighted by Crippen LogP contribution is -2.65. The van der Waals surface area contributed by atoms with Gasteiger partial charge in [0.2, 0.25) is 5.79 Å². The summed E-state index contributed by atoms with van der Waals surface area (Å²) in [6.45, 7) is 11.4. The van der Waals surface area contributed by atoms with Gasteiger partial charge >= 0.3 is 13.1 Å². The SMILES string of the molecule is CC1(C)OC(=O)c2c3c(cc(C4CC4B4OC5C[C@@H]6C[C@@H](C6(C)C)[C@]5(C)O4)c2O1)OCCO3. The summed E-state index contributed by atoms with van der Waals surface area (Å²) in [7, 11) is -0.229. The lowest BCUT2D eigenvalue weighted by molar-refractivity contribution is -0.199. The number of carbonyl (C=O) groups is 1. The van der Waals surface area contributed by atoms with Crippen molar-refractivity contribution in [1.29, 1.82) is 0 Å². The molecule has 0 amide bonds. The number of carbonyl (C=O) groups excluding carboxylic acids is 1. The first-order chi connectivity index (χ1) is 15.6. The number of ether oxygens (including phenoxy) is 4. The minimum Gasteiger partial charge on any atom is -0.486 e. The third-order valence-electron chi connectivity index (χ3n) is 9.26. The Morgan fingerprint density at radius 1 is 0.970 bits per heavy atom. The molecule has 8 heteroatoms. The smallest absolute Gasteiger partial charge is 0.461 e. The van der Waals surface area contributed by atoms with E-state index < -0.39 is 11.8 Å². The van der Waals surface area contributed by atoms with Crippen molar-refractivity contribution >= 4 is 13.1 Å². The van der Waals surface area contributed by atoms with Crippen molar-refractivity contribution < 1.29 is 33.1 Å². The fraction of sp³-hybridized carbons (Fsp3) is 0.720. The second kappa shape index (κ2) is 6.19. The third-order valence-corrected chi connectivity index (χ3v) is 9.26. The zero-order chi connectivity index (χ0) is 22.9. The Morgan fingerprint density at radius 2 is 1.76 bits per heavy atom. The predicted octanol–water partition coefficient (Wildman–Crippen LogP) is 4.33. The van der Waals surface area contributed by atoms with Crippen LogP contribution in [0.3, 0.4) is 0 Å². The van der Waals surface area contributed by atoms with E-state index in [9.17, 15) is 4.79 Å². The van der Waals surface area contributed by atoms with Crippen molar-refractivity contribution in [3.8, 4) is 17.2 Å². The largest absolute Gasteiger partial charge is 0.486 e. The molecule has 3 aliphatic heterocycles. The summed E-state index contributed by atoms with van der Waals surface area (Å²) in [6.07, 6.45) is 3.41. The van der Waals surface area contributed by atoms with Gasteiger partial charge in [0, 0.05) is 25.2 Å². The van der Waals surface area contributed by atoms with E-state index in [1.807, 2.05) is 6.07 Å². The number of hydrogen-bond acceptors (Lipinski definition) is 7. The molecule has 2 bridgehead atoms. The lowest BCUT2D eigenvalue weighted by Gasteiger charge is -2.64. The number of esters is 1. The standard InChI is InChI=1S/C25H31BO7/c1-23(2)12-8-17(23)25(5)18(9-12)32-26(33-25)15-10-13(15)14-11-16-21(29-7-6-28-16)19-20(14)30-24(3,4)31-22(19)27/h11-13,15,17-18H,6-10H2,1-5H3/t12-,13?,15?,17-,18?,25-/m0/s1. The number of rotatable bonds is 2. The van der Waals surface area contributed by atoms with Crippen LogP contribution in [0.1, 0.15) is 75.7 Å². The Balaban J connectivity index is 1.21. The molecular formula is C25H31BO7. The van der Waals surface area contributed by atoms with E-state index in [1.165, 1.54) is 6.42 Å². The first-order valence-electron chi connectivity index (χ1n) is 12.3. The monoisotopic (exact) mass is 454 g/mol. The molecule has 0 N–H and O–H groups in total. The van der Waals surface area contributed by atoms with Crippen LogP contribution >= 0.6 is 0 Å². The Labute approximate surface area is 194 Å². The highest BCUT2D eigenvalue weighted by Crippen LogP contribution is 2.68. The van der Waals surface area contributed by atoms with Gasteiger partial charge < -0.3 is 28.3 Å². The van der Waals surface area contributed by atoms with Gasteiger partial charge in [-0.05, 0) is 55.4 Å². The quantitative estimate of drug-likeness (QED) is 0.487. The number of benzene rings is 1. The second-order valence-electron chi connectivity index (χ2n) is 11.9. The molecule has 6 atom stereocenters. The Hall–Kier alpha value is -1.93. The van der Waals surface area contributed by atoms with Crippen LogP contribution in [0.4, 0.5) is 0 Å². The maximum absolute atomic E-state index is 12.9. The van der Waals surface area contributed by atoms with Crippen LogP contribution in [0.25, 0.3) is 0 Å². The molecule has 1 saturated heterocycles. The van der Waals surface area contributed by atoms with Crippen LogP contribution in [0.2, 0.25) is 5.82 Å². The molecule has 4 aliphatic carbocycles. The Kier molecular flexibility index (Phi) is 3.84. The predicted molar refractivity (Wildman–Crippen MR) is 119 cm³/mol. The van der Waals surface area contributed by atoms with Crippen molar-refractivity contribution in [3.05, 3.63) is 17.2 Å². The average Bonchev–Trinajstić information content (AvgIpc) is 3.45. The summed E-state index contributed by atoms with van der Waals surface area (Å²) < 4.78 is 36.6. The van der Waals surface area contributed by atoms with E-state index in [0.29, 0.717) is 47.4 Å². The molecule has 3 unspecified atom stereocenters. The fourth-order valence-corrected chi connectivity index (χ4v) is 7.26. The van der Waals surface area contributed by atoms with Crippen LogP contribution in [0.15, 0.2) is 6.07 Å². The molecule has 4 saturated carbocycles. The fourth-order valence-electron chi connectivity index (χ4n) is 7.26. The Morgan fingerprint density at radius 3 is 2.55 bits per heavy atom. The van der Waals surface area contributed by atoms with Crippen LogP contribution in [0, 0.1) is 17.3 Å². The highest BCUT2D eigenvalue weighted by Gasteiger charge is 2.70. The summed E-state index contributed by atoms with van der Waals surface area (Å²) in [5.41, 5.74) is 1.40. The molecule has 3 heterocycles. The summed E-state index contributed by atoms with van der Waals surface area (Å²) in [4.78, 5) is 12.9. The van der Waals surface area contributed by atoms with E-state index in [2.05, 4.69) is 20.8 Å². The van der Waals surface area contributed by atoms with Gasteiger partial charge in [-0.2, -0.15) is 0 Å². The summed E-state index contributed by atoms with van der Waals surface area (Å²) in [5, 5.41) is 0. The van der Waals surface area contributed by atoms with Gasteiger partial charge in [-0.3, -0.25) is 0 Å². The molecule has 0 spiro atoms. The molecule has 176 valence electrons. The average molecular weight is 454 g/mol. The highest BCUT2D eigenvalue weighted by atomic mass is 16.7. The molecule has 1 aromatic rings. The molecule has 8 rings (SSSR count). The molecular weight excluding hydrogens is 423 g/mol. The van der Waals surface area contributed by atoms with E-state index in [0.717, 1.165) is 24.3 Å². The van der Waals surface area contributed by atoms with Gasteiger partial charge in [-0.1, -0.05) is 13.8 Å². The first kappa shape index (κ1) is 20.4. The van der Waals surface area contributed by atoms with Gasteiger partial charge in [0.25, 0.3) is 0 Å². The minimum absolute atomic E-state index is 0.167. The van der Waals surface area contributed by atoms with Crippen molar-refractivity contribution in [2.45, 2.75) is 83.1 Å². The summed E-state index contributed by atoms with van der Waals surface area (Å²) >= 11 is 0. The summed E-state index contributed by atoms with van der Waals surface area (Å²) in [6, 6.07) is 1.98.